The summed E-state index contributed by atoms with van der Waals surface area (Å²) in [4.78, 5) is 1.45. The molecule has 2 unspecified atom stereocenters. The molecule has 0 aliphatic heterocycles. The van der Waals surface area contributed by atoms with Crippen LogP contribution in [-0.4, -0.2) is 6.10 Å². The first kappa shape index (κ1) is 15.0. The van der Waals surface area contributed by atoms with Gasteiger partial charge in [0, 0.05) is 15.5 Å². The third-order valence-electron chi connectivity index (χ3n) is 3.88. The van der Waals surface area contributed by atoms with Gasteiger partial charge in [-0.05, 0) is 58.8 Å². The Labute approximate surface area is 139 Å². The fraction of sp³-hybridized carbons (Fsp3) is 0.375. The molecule has 0 bridgehead atoms. The molecule has 1 heterocycles. The number of thiophene rings is 1. The van der Waals surface area contributed by atoms with Crippen LogP contribution < -0.4 is 0 Å². The lowest BCUT2D eigenvalue weighted by molar-refractivity contribution is 0.213. The molecular weight excluding hydrogens is 398 g/mol. The van der Waals surface area contributed by atoms with Gasteiger partial charge in [0.2, 0.25) is 0 Å². The summed E-state index contributed by atoms with van der Waals surface area (Å²) in [6.45, 7) is 0.587. The van der Waals surface area contributed by atoms with Gasteiger partial charge in [0.25, 0.3) is 0 Å². The van der Waals surface area contributed by atoms with E-state index in [4.69, 9.17) is 4.52 Å². The van der Waals surface area contributed by atoms with Gasteiger partial charge in [-0.3, -0.25) is 0 Å². The maximum absolute atomic E-state index is 5.83. The van der Waals surface area contributed by atoms with Crippen LogP contribution in [0.5, 0.6) is 0 Å². The zero-order valence-corrected chi connectivity index (χ0v) is 15.2. The van der Waals surface area contributed by atoms with E-state index >= 15 is 0 Å². The van der Waals surface area contributed by atoms with Gasteiger partial charge in [-0.2, -0.15) is 0 Å². The first-order chi connectivity index (χ1) is 9.86. The van der Waals surface area contributed by atoms with Crippen LogP contribution in [0.3, 0.4) is 0 Å². The third kappa shape index (κ3) is 3.62. The van der Waals surface area contributed by atoms with Gasteiger partial charge < -0.3 is 4.52 Å². The van der Waals surface area contributed by atoms with E-state index in [0.717, 1.165) is 6.42 Å². The predicted octanol–water partition coefficient (Wildman–Crippen LogP) is 6.13. The van der Waals surface area contributed by atoms with E-state index in [9.17, 15) is 0 Å². The Balaban J connectivity index is 1.62. The molecule has 0 saturated heterocycles. The van der Waals surface area contributed by atoms with E-state index in [2.05, 4.69) is 64.5 Å². The average Bonchev–Trinajstić information content (AvgIpc) is 3.06. The van der Waals surface area contributed by atoms with Crippen molar-refractivity contribution < 1.29 is 4.52 Å². The molecule has 0 spiro atoms. The maximum atomic E-state index is 5.83. The second kappa shape index (κ2) is 7.35. The van der Waals surface area contributed by atoms with Gasteiger partial charge in [-0.25, -0.2) is 0 Å². The lowest BCUT2D eigenvalue weighted by atomic mass is 10.1. The van der Waals surface area contributed by atoms with Crippen LogP contribution in [0.15, 0.2) is 42.5 Å². The molecule has 0 amide bonds. The predicted molar refractivity (Wildman–Crippen MR) is 99.2 cm³/mol. The van der Waals surface area contributed by atoms with E-state index in [0.29, 0.717) is 18.5 Å². The van der Waals surface area contributed by atoms with Crippen LogP contribution >= 0.6 is 39.8 Å². The van der Waals surface area contributed by atoms with E-state index in [1.54, 1.807) is 0 Å². The summed E-state index contributed by atoms with van der Waals surface area (Å²) in [6.07, 6.45) is 10.1. The topological polar surface area (TPSA) is 9.23 Å². The van der Waals surface area contributed by atoms with Crippen LogP contribution in [0.25, 0.3) is 10.1 Å². The molecular formula is C16H18IOPS. The quantitative estimate of drug-likeness (QED) is 0.324. The van der Waals surface area contributed by atoms with Crippen molar-refractivity contribution >= 4 is 49.9 Å². The second-order valence-electron chi connectivity index (χ2n) is 5.21. The minimum absolute atomic E-state index is 0.462. The smallest absolute Gasteiger partial charge is 0.0797 e. The van der Waals surface area contributed by atoms with Crippen molar-refractivity contribution in [1.29, 1.82) is 0 Å². The summed E-state index contributed by atoms with van der Waals surface area (Å²) in [5.41, 5.74) is 0. The number of rotatable bonds is 5. The summed E-state index contributed by atoms with van der Waals surface area (Å²) < 4.78 is 7.22. The molecule has 106 valence electrons. The summed E-state index contributed by atoms with van der Waals surface area (Å²) in [5, 5.41) is 1.37. The highest BCUT2D eigenvalue weighted by atomic mass is 127. The van der Waals surface area contributed by atoms with Gasteiger partial charge in [-0.1, -0.05) is 36.8 Å². The van der Waals surface area contributed by atoms with Crippen molar-refractivity contribution in [2.45, 2.75) is 31.8 Å². The van der Waals surface area contributed by atoms with Gasteiger partial charge >= 0.3 is 0 Å². The Morgan fingerprint density at radius 1 is 1.35 bits per heavy atom. The highest BCUT2D eigenvalue weighted by Gasteiger charge is 2.25. The Bertz CT molecular complexity index is 562. The Hall–Kier alpha value is 0.0400. The molecule has 1 aliphatic carbocycles. The van der Waals surface area contributed by atoms with E-state index in [-0.39, 0.29) is 0 Å². The van der Waals surface area contributed by atoms with Gasteiger partial charge in [-0.15, -0.1) is 11.3 Å². The number of allylic oxidation sites excluding steroid dienone is 1. The molecule has 0 radical (unpaired) electrons. The van der Waals surface area contributed by atoms with Gasteiger partial charge in [0.05, 0.1) is 12.6 Å². The fourth-order valence-corrected chi connectivity index (χ4v) is 5.30. The van der Waals surface area contributed by atoms with Crippen molar-refractivity contribution in [2.75, 3.05) is 0 Å². The molecule has 1 fully saturated rings. The summed E-state index contributed by atoms with van der Waals surface area (Å²) in [5.74, 6) is 0.631. The lowest BCUT2D eigenvalue weighted by Crippen LogP contribution is -2.11. The molecule has 2 aromatic rings. The van der Waals surface area contributed by atoms with E-state index in [1.165, 1.54) is 34.2 Å². The average molecular weight is 416 g/mol. The van der Waals surface area contributed by atoms with Crippen molar-refractivity contribution in [3.8, 4) is 0 Å². The Morgan fingerprint density at radius 3 is 3.10 bits per heavy atom. The van der Waals surface area contributed by atoms with Gasteiger partial charge in [0.1, 0.15) is 0 Å². The van der Waals surface area contributed by atoms with Crippen molar-refractivity contribution in [3.63, 3.8) is 0 Å². The molecule has 1 nitrogen and oxygen atoms in total. The molecule has 3 rings (SSSR count). The summed E-state index contributed by atoms with van der Waals surface area (Å²) in [7, 11) is 0. The van der Waals surface area contributed by atoms with Crippen LogP contribution in [0.2, 0.25) is 0 Å². The fourth-order valence-electron chi connectivity index (χ4n) is 2.87. The molecule has 1 saturated carbocycles. The summed E-state index contributed by atoms with van der Waals surface area (Å²) in [6, 6.07) is 10.9. The highest BCUT2D eigenvalue weighted by molar-refractivity contribution is 14.2. The second-order valence-corrected chi connectivity index (χ2v) is 8.09. The van der Waals surface area contributed by atoms with Gasteiger partial charge in [0.15, 0.2) is 0 Å². The monoisotopic (exact) mass is 416 g/mol. The number of hydrogen-bond acceptors (Lipinski definition) is 2. The van der Waals surface area contributed by atoms with Crippen molar-refractivity contribution in [2.24, 2.45) is 5.92 Å². The maximum Gasteiger partial charge on any atom is 0.0797 e. The van der Waals surface area contributed by atoms with Crippen molar-refractivity contribution in [1.82, 2.24) is 0 Å². The zero-order chi connectivity index (χ0) is 13.8. The number of hydrogen-bond donors (Lipinski definition) is 0. The van der Waals surface area contributed by atoms with Crippen LogP contribution in [0.4, 0.5) is 0 Å². The zero-order valence-electron chi connectivity index (χ0n) is 11.2. The Morgan fingerprint density at radius 2 is 2.25 bits per heavy atom. The summed E-state index contributed by atoms with van der Waals surface area (Å²) >= 11 is 4.23. The number of fused-ring (bicyclic) bond motifs is 1. The molecule has 1 aromatic carbocycles. The van der Waals surface area contributed by atoms with E-state index < -0.39 is 0 Å². The van der Waals surface area contributed by atoms with Crippen LogP contribution in [0.1, 0.15) is 24.1 Å². The van der Waals surface area contributed by atoms with E-state index in [1.807, 2.05) is 11.3 Å². The molecule has 0 N–H and O–H groups in total. The highest BCUT2D eigenvalue weighted by Crippen LogP contribution is 2.36. The van der Waals surface area contributed by atoms with Crippen LogP contribution in [0, 0.1) is 5.92 Å². The Kier molecular flexibility index (Phi) is 5.49. The molecule has 1 aromatic heterocycles. The standard InChI is InChI=1S/C16H18IOPS/c17-19-18-15-9-4-7-12(15)6-3-8-14-11-13-5-1-2-10-16(13)20-14/h1-3,5-6,10-12,15,19H,4,7-9H2/b6-3+/t12?,15-/m1/s1. The minimum atomic E-state index is 0.462. The van der Waals surface area contributed by atoms with Crippen LogP contribution in [-0.2, 0) is 10.9 Å². The number of halogens is 1. The first-order valence-corrected chi connectivity index (χ1v) is 11.9. The lowest BCUT2D eigenvalue weighted by Gasteiger charge is -2.14. The molecule has 1 aliphatic rings. The number of benzene rings is 1. The largest absolute Gasteiger partial charge is 0.348 e. The molecule has 4 heteroatoms. The van der Waals surface area contributed by atoms with Crippen molar-refractivity contribution in [3.05, 3.63) is 47.4 Å². The molecule has 20 heavy (non-hydrogen) atoms. The SMILES string of the molecule is IPO[C@@H]1CCCC1/C=C/Cc1cc2ccccc2s1. The first-order valence-electron chi connectivity index (χ1n) is 7.02. The third-order valence-corrected chi connectivity index (χ3v) is 6.17. The minimum Gasteiger partial charge on any atom is -0.348 e. The normalized spacial score (nSPS) is 23.6. The molecule has 3 atom stereocenters.